The minimum Gasteiger partial charge on any atom is -0.388 e. The van der Waals surface area contributed by atoms with Crippen molar-refractivity contribution in [1.82, 2.24) is 5.32 Å². The minimum atomic E-state index is 0. The summed E-state index contributed by atoms with van der Waals surface area (Å²) in [4.78, 5) is 5.25. The van der Waals surface area contributed by atoms with Gasteiger partial charge in [-0.3, -0.25) is 4.99 Å². The quantitative estimate of drug-likeness (QED) is 0.603. The van der Waals surface area contributed by atoms with Crippen molar-refractivity contribution >= 4 is 18.1 Å². The largest absolute Gasteiger partial charge is 0.388 e. The normalized spacial score (nSPS) is 28.6. The van der Waals surface area contributed by atoms with E-state index in [9.17, 15) is 0 Å². The summed E-state index contributed by atoms with van der Waals surface area (Å²) in [6, 6.07) is 11.3. The van der Waals surface area contributed by atoms with Gasteiger partial charge in [-0.2, -0.15) is 0 Å². The second kappa shape index (κ2) is 10.3. The van der Waals surface area contributed by atoms with Gasteiger partial charge in [0, 0.05) is 12.2 Å². The number of allylic oxidation sites excluding steroid dienone is 2. The van der Waals surface area contributed by atoms with Crippen LogP contribution in [0.4, 0.5) is 0 Å². The van der Waals surface area contributed by atoms with Crippen molar-refractivity contribution in [2.45, 2.75) is 76.7 Å². The fourth-order valence-electron chi connectivity index (χ4n) is 5.21. The summed E-state index contributed by atoms with van der Waals surface area (Å²) in [6.07, 6.45) is 17.5. The first-order chi connectivity index (χ1) is 12.9. The van der Waals surface area contributed by atoms with E-state index in [0.29, 0.717) is 6.04 Å². The van der Waals surface area contributed by atoms with Crippen LogP contribution in [-0.2, 0) is 0 Å². The van der Waals surface area contributed by atoms with Crippen LogP contribution in [0.25, 0.3) is 0 Å². The van der Waals surface area contributed by atoms with Crippen molar-refractivity contribution in [3.05, 3.63) is 47.7 Å². The lowest BCUT2D eigenvalue weighted by Crippen LogP contribution is -2.25. The SMILES string of the molecule is C(=C1CCCN1)C(=NC1CCC(C2CCCCC2)CC1)c1ccccc1.Cl. The van der Waals surface area contributed by atoms with E-state index in [4.69, 9.17) is 4.99 Å². The third-order valence-electron chi connectivity index (χ3n) is 6.73. The van der Waals surface area contributed by atoms with Crippen molar-refractivity contribution in [2.24, 2.45) is 16.8 Å². The Kier molecular flexibility index (Phi) is 7.81. The summed E-state index contributed by atoms with van der Waals surface area (Å²) in [5, 5.41) is 3.52. The number of hydrogen-bond acceptors (Lipinski definition) is 2. The molecule has 0 amide bonds. The molecule has 4 rings (SSSR count). The van der Waals surface area contributed by atoms with Crippen LogP contribution in [0.5, 0.6) is 0 Å². The van der Waals surface area contributed by atoms with E-state index in [0.717, 1.165) is 18.4 Å². The van der Waals surface area contributed by atoms with Crippen molar-refractivity contribution in [3.8, 4) is 0 Å². The fraction of sp³-hybridized carbons (Fsp3) is 0.625. The van der Waals surface area contributed by atoms with Gasteiger partial charge < -0.3 is 5.32 Å². The molecule has 3 aliphatic rings. The molecule has 1 aromatic rings. The third-order valence-corrected chi connectivity index (χ3v) is 6.73. The zero-order chi connectivity index (χ0) is 17.6. The first kappa shape index (κ1) is 20.5. The van der Waals surface area contributed by atoms with Gasteiger partial charge in [0.1, 0.15) is 0 Å². The molecule has 0 spiro atoms. The molecule has 0 aromatic heterocycles. The van der Waals surface area contributed by atoms with Crippen LogP contribution in [0.15, 0.2) is 47.1 Å². The molecule has 0 bridgehead atoms. The predicted octanol–water partition coefficient (Wildman–Crippen LogP) is 6.30. The van der Waals surface area contributed by atoms with E-state index >= 15 is 0 Å². The highest BCUT2D eigenvalue weighted by molar-refractivity contribution is 6.09. The van der Waals surface area contributed by atoms with E-state index in [1.807, 2.05) is 0 Å². The zero-order valence-electron chi connectivity index (χ0n) is 16.5. The van der Waals surface area contributed by atoms with E-state index in [1.54, 1.807) is 0 Å². The van der Waals surface area contributed by atoms with Gasteiger partial charge in [0.25, 0.3) is 0 Å². The van der Waals surface area contributed by atoms with E-state index in [-0.39, 0.29) is 12.4 Å². The second-order valence-corrected chi connectivity index (χ2v) is 8.55. The molecule has 0 unspecified atom stereocenters. The van der Waals surface area contributed by atoms with E-state index in [1.165, 1.54) is 87.6 Å². The Balaban J connectivity index is 0.00000210. The summed E-state index contributed by atoms with van der Waals surface area (Å²) in [5.74, 6) is 2.00. The maximum atomic E-state index is 5.25. The number of nitrogens with one attached hydrogen (secondary N) is 1. The molecule has 27 heavy (non-hydrogen) atoms. The van der Waals surface area contributed by atoms with Gasteiger partial charge in [-0.25, -0.2) is 0 Å². The van der Waals surface area contributed by atoms with Gasteiger partial charge in [-0.05, 0) is 62.0 Å². The van der Waals surface area contributed by atoms with Crippen molar-refractivity contribution < 1.29 is 0 Å². The molecule has 1 N–H and O–H groups in total. The third kappa shape index (κ3) is 5.60. The van der Waals surface area contributed by atoms with Gasteiger partial charge in [0.15, 0.2) is 0 Å². The Morgan fingerprint density at radius 3 is 2.22 bits per heavy atom. The summed E-state index contributed by atoms with van der Waals surface area (Å²) in [6.45, 7) is 1.11. The Hall–Kier alpha value is -1.28. The molecule has 1 aliphatic heterocycles. The lowest BCUT2D eigenvalue weighted by Gasteiger charge is -2.35. The van der Waals surface area contributed by atoms with Crippen molar-refractivity contribution in [3.63, 3.8) is 0 Å². The van der Waals surface area contributed by atoms with Crippen molar-refractivity contribution in [1.29, 1.82) is 0 Å². The second-order valence-electron chi connectivity index (χ2n) is 8.55. The first-order valence-electron chi connectivity index (χ1n) is 11.0. The molecule has 0 atom stereocenters. The van der Waals surface area contributed by atoms with Gasteiger partial charge in [-0.1, -0.05) is 62.4 Å². The van der Waals surface area contributed by atoms with Crippen LogP contribution in [-0.4, -0.2) is 18.3 Å². The maximum Gasteiger partial charge on any atom is 0.0667 e. The Bertz CT molecular complexity index is 615. The molecule has 0 radical (unpaired) electrons. The highest BCUT2D eigenvalue weighted by Crippen LogP contribution is 2.39. The number of hydrogen-bond donors (Lipinski definition) is 1. The highest BCUT2D eigenvalue weighted by atomic mass is 35.5. The van der Waals surface area contributed by atoms with Crippen LogP contribution < -0.4 is 5.32 Å². The standard InChI is InChI=1S/C24H34N2.ClH/c1-3-8-19(9-4-1)20-13-15-22(16-14-20)26-24(18-23-12-7-17-25-23)21-10-5-2-6-11-21;/h2,5-6,10-11,18-20,22,25H,1,3-4,7-9,12-17H2;1H. The minimum absolute atomic E-state index is 0. The lowest BCUT2D eigenvalue weighted by atomic mass is 9.72. The predicted molar refractivity (Wildman–Crippen MR) is 118 cm³/mol. The molecule has 148 valence electrons. The zero-order valence-corrected chi connectivity index (χ0v) is 17.4. The molecular formula is C24H35ClN2. The average Bonchev–Trinajstić information content (AvgIpc) is 3.23. The maximum absolute atomic E-state index is 5.25. The lowest BCUT2D eigenvalue weighted by molar-refractivity contribution is 0.187. The molecule has 2 nitrogen and oxygen atoms in total. The Labute approximate surface area is 171 Å². The Morgan fingerprint density at radius 1 is 0.852 bits per heavy atom. The van der Waals surface area contributed by atoms with Crippen molar-refractivity contribution in [2.75, 3.05) is 6.54 Å². The highest BCUT2D eigenvalue weighted by Gasteiger charge is 2.28. The summed E-state index contributed by atoms with van der Waals surface area (Å²) >= 11 is 0. The fourth-order valence-corrected chi connectivity index (χ4v) is 5.21. The van der Waals surface area contributed by atoms with E-state index in [2.05, 4.69) is 41.7 Å². The van der Waals surface area contributed by atoms with Gasteiger partial charge in [0.2, 0.25) is 0 Å². The summed E-state index contributed by atoms with van der Waals surface area (Å²) in [5.41, 5.74) is 3.82. The smallest absolute Gasteiger partial charge is 0.0667 e. The molecule has 1 saturated heterocycles. The molecule has 3 heteroatoms. The Morgan fingerprint density at radius 2 is 1.56 bits per heavy atom. The van der Waals surface area contributed by atoms with Crippen LogP contribution >= 0.6 is 12.4 Å². The number of aliphatic imine (C=N–C) groups is 1. The van der Waals surface area contributed by atoms with E-state index < -0.39 is 0 Å². The van der Waals surface area contributed by atoms with Gasteiger partial charge in [-0.15, -0.1) is 12.4 Å². The van der Waals surface area contributed by atoms with Crippen LogP contribution in [0.1, 0.15) is 76.2 Å². The first-order valence-corrected chi connectivity index (χ1v) is 11.0. The number of rotatable bonds is 4. The average molecular weight is 387 g/mol. The number of benzene rings is 1. The van der Waals surface area contributed by atoms with Gasteiger partial charge >= 0.3 is 0 Å². The number of nitrogens with zero attached hydrogens (tertiary/aromatic N) is 1. The van der Waals surface area contributed by atoms with Crippen LogP contribution in [0.2, 0.25) is 0 Å². The summed E-state index contributed by atoms with van der Waals surface area (Å²) < 4.78 is 0. The monoisotopic (exact) mass is 386 g/mol. The molecule has 1 heterocycles. The topological polar surface area (TPSA) is 24.4 Å². The van der Waals surface area contributed by atoms with Gasteiger partial charge in [0.05, 0.1) is 11.8 Å². The van der Waals surface area contributed by atoms with Crippen LogP contribution in [0, 0.1) is 11.8 Å². The molecule has 1 aromatic carbocycles. The van der Waals surface area contributed by atoms with Crippen LogP contribution in [0.3, 0.4) is 0 Å². The molecular weight excluding hydrogens is 352 g/mol. The molecule has 2 aliphatic carbocycles. The number of halogens is 1. The molecule has 3 fully saturated rings. The molecule has 2 saturated carbocycles. The summed E-state index contributed by atoms with van der Waals surface area (Å²) in [7, 11) is 0.